The second kappa shape index (κ2) is 12.0. The highest BCUT2D eigenvalue weighted by atomic mass is 35.5. The molecule has 0 unspecified atom stereocenters. The van der Waals surface area contributed by atoms with Crippen LogP contribution < -0.4 is 19.1 Å². The molecule has 2 aromatic rings. The molecule has 0 aromatic heterocycles. The summed E-state index contributed by atoms with van der Waals surface area (Å²) < 4.78 is 37.3. The summed E-state index contributed by atoms with van der Waals surface area (Å²) >= 11 is 12.5. The molecule has 206 valence electrons. The van der Waals surface area contributed by atoms with Gasteiger partial charge in [0.15, 0.2) is 11.5 Å². The van der Waals surface area contributed by atoms with Crippen molar-refractivity contribution in [3.63, 3.8) is 0 Å². The lowest BCUT2D eigenvalue weighted by molar-refractivity contribution is -0.140. The molecular formula is C26H31Cl2N3O6S. The van der Waals surface area contributed by atoms with Gasteiger partial charge in [-0.1, -0.05) is 49.0 Å². The fraction of sp³-hybridized carbons (Fsp3) is 0.462. The number of halogens is 2. The highest BCUT2D eigenvalue weighted by molar-refractivity contribution is 7.92. The van der Waals surface area contributed by atoms with Crippen LogP contribution in [-0.4, -0.2) is 56.8 Å². The predicted octanol–water partition coefficient (Wildman–Crippen LogP) is 4.35. The normalized spacial score (nSPS) is 15.8. The van der Waals surface area contributed by atoms with Gasteiger partial charge in [0, 0.05) is 28.7 Å². The molecule has 0 radical (unpaired) electrons. The second-order valence-electron chi connectivity index (χ2n) is 9.48. The minimum absolute atomic E-state index is 0.00414. The number of ether oxygens (including phenoxy) is 2. The van der Waals surface area contributed by atoms with Crippen LogP contribution in [0.4, 0.5) is 5.69 Å². The monoisotopic (exact) mass is 583 g/mol. The van der Waals surface area contributed by atoms with E-state index in [9.17, 15) is 18.0 Å². The minimum Gasteiger partial charge on any atom is -0.454 e. The molecule has 1 aliphatic heterocycles. The summed E-state index contributed by atoms with van der Waals surface area (Å²) in [5, 5.41) is 3.85. The van der Waals surface area contributed by atoms with Gasteiger partial charge in [-0.2, -0.15) is 0 Å². The lowest BCUT2D eigenvalue weighted by Gasteiger charge is -2.33. The van der Waals surface area contributed by atoms with Crippen molar-refractivity contribution in [3.05, 3.63) is 52.0 Å². The van der Waals surface area contributed by atoms with Crippen LogP contribution in [0, 0.1) is 0 Å². The fourth-order valence-corrected chi connectivity index (χ4v) is 6.08. The molecule has 1 saturated carbocycles. The van der Waals surface area contributed by atoms with E-state index in [1.54, 1.807) is 30.3 Å². The molecule has 1 fully saturated rings. The van der Waals surface area contributed by atoms with Gasteiger partial charge in [0.1, 0.15) is 12.6 Å². The Hall–Kier alpha value is -2.69. The number of hydrogen-bond donors (Lipinski definition) is 1. The Balaban J connectivity index is 1.65. The van der Waals surface area contributed by atoms with Crippen LogP contribution in [-0.2, 0) is 26.2 Å². The average molecular weight is 585 g/mol. The van der Waals surface area contributed by atoms with Gasteiger partial charge in [-0.05, 0) is 49.1 Å². The Morgan fingerprint density at radius 1 is 1.08 bits per heavy atom. The number of hydrogen-bond acceptors (Lipinski definition) is 6. The first kappa shape index (κ1) is 28.3. The summed E-state index contributed by atoms with van der Waals surface area (Å²) in [5.74, 6) is 0.0530. The molecule has 2 aliphatic rings. The number of fused-ring (bicyclic) bond motifs is 1. The number of benzene rings is 2. The van der Waals surface area contributed by atoms with E-state index in [2.05, 4.69) is 5.32 Å². The number of amides is 2. The van der Waals surface area contributed by atoms with Crippen LogP contribution in [0.2, 0.25) is 10.0 Å². The van der Waals surface area contributed by atoms with Gasteiger partial charge in [-0.25, -0.2) is 8.42 Å². The first-order chi connectivity index (χ1) is 18.1. The zero-order chi connectivity index (χ0) is 27.4. The molecule has 2 amide bonds. The van der Waals surface area contributed by atoms with E-state index in [1.165, 1.54) is 11.0 Å². The third-order valence-electron chi connectivity index (χ3n) is 6.77. The quantitative estimate of drug-likeness (QED) is 0.445. The van der Waals surface area contributed by atoms with Gasteiger partial charge in [-0.15, -0.1) is 0 Å². The molecule has 12 heteroatoms. The van der Waals surface area contributed by atoms with E-state index >= 15 is 0 Å². The number of sulfonamides is 1. The Morgan fingerprint density at radius 3 is 2.45 bits per heavy atom. The molecule has 9 nitrogen and oxygen atoms in total. The first-order valence-corrected chi connectivity index (χ1v) is 15.1. The largest absolute Gasteiger partial charge is 0.454 e. The summed E-state index contributed by atoms with van der Waals surface area (Å²) in [5.41, 5.74) is 0.837. The van der Waals surface area contributed by atoms with E-state index in [-0.39, 0.29) is 31.0 Å². The molecule has 1 heterocycles. The van der Waals surface area contributed by atoms with Gasteiger partial charge in [0.25, 0.3) is 0 Å². The van der Waals surface area contributed by atoms with Crippen molar-refractivity contribution < 1.29 is 27.5 Å². The van der Waals surface area contributed by atoms with E-state index in [0.29, 0.717) is 33.5 Å². The van der Waals surface area contributed by atoms with Crippen LogP contribution in [0.1, 0.15) is 44.6 Å². The van der Waals surface area contributed by atoms with Crippen molar-refractivity contribution in [2.75, 3.05) is 23.9 Å². The van der Waals surface area contributed by atoms with E-state index < -0.39 is 28.5 Å². The summed E-state index contributed by atoms with van der Waals surface area (Å²) in [4.78, 5) is 28.6. The number of rotatable bonds is 10. The summed E-state index contributed by atoms with van der Waals surface area (Å²) in [6.45, 7) is 1.33. The summed E-state index contributed by atoms with van der Waals surface area (Å²) in [6.07, 6.45) is 5.23. The highest BCUT2D eigenvalue weighted by Gasteiger charge is 2.33. The molecule has 2 aromatic carbocycles. The minimum atomic E-state index is -3.88. The maximum absolute atomic E-state index is 13.8. The SMILES string of the molecule is CC[C@H](C(=O)NC1CCCC1)N(Cc1ccc(Cl)cc1Cl)C(=O)CN(c1ccc2c(c1)OCO2)S(C)(=O)=O. The van der Waals surface area contributed by atoms with Crippen molar-refractivity contribution in [2.45, 2.75) is 57.7 Å². The van der Waals surface area contributed by atoms with Crippen LogP contribution in [0.3, 0.4) is 0 Å². The average Bonchev–Trinajstić information content (AvgIpc) is 3.54. The standard InChI is InChI=1S/C26H31Cl2N3O6S/c1-3-22(26(33)29-19-6-4-5-7-19)30(14-17-8-9-18(27)12-21(17)28)25(32)15-31(38(2,34)35)20-10-11-23-24(13-20)37-16-36-23/h8-13,19,22H,3-7,14-16H2,1-2H3,(H,29,33)/t22-/m1/s1. The number of nitrogens with zero attached hydrogens (tertiary/aromatic N) is 2. The summed E-state index contributed by atoms with van der Waals surface area (Å²) in [6, 6.07) is 8.81. The number of anilines is 1. The maximum Gasteiger partial charge on any atom is 0.244 e. The van der Waals surface area contributed by atoms with E-state index in [1.807, 2.05) is 6.92 Å². The number of carbonyl (C=O) groups is 2. The van der Waals surface area contributed by atoms with E-state index in [4.69, 9.17) is 32.7 Å². The molecule has 1 atom stereocenters. The summed E-state index contributed by atoms with van der Waals surface area (Å²) in [7, 11) is -3.88. The predicted molar refractivity (Wildman–Crippen MR) is 146 cm³/mol. The smallest absolute Gasteiger partial charge is 0.244 e. The van der Waals surface area contributed by atoms with Gasteiger partial charge >= 0.3 is 0 Å². The fourth-order valence-electron chi connectivity index (χ4n) is 4.77. The van der Waals surface area contributed by atoms with Crippen molar-refractivity contribution in [3.8, 4) is 11.5 Å². The van der Waals surface area contributed by atoms with Crippen molar-refractivity contribution >= 4 is 50.7 Å². The maximum atomic E-state index is 13.8. The zero-order valence-electron chi connectivity index (χ0n) is 21.3. The Kier molecular flexibility index (Phi) is 8.95. The topological polar surface area (TPSA) is 105 Å². The zero-order valence-corrected chi connectivity index (χ0v) is 23.6. The van der Waals surface area contributed by atoms with Crippen LogP contribution in [0.25, 0.3) is 0 Å². The lowest BCUT2D eigenvalue weighted by Crippen LogP contribution is -2.53. The van der Waals surface area contributed by atoms with Gasteiger partial charge in [-0.3, -0.25) is 13.9 Å². The third kappa shape index (κ3) is 6.65. The van der Waals surface area contributed by atoms with Crippen LogP contribution in [0.5, 0.6) is 11.5 Å². The second-order valence-corrected chi connectivity index (χ2v) is 12.2. The van der Waals surface area contributed by atoms with Gasteiger partial charge < -0.3 is 19.7 Å². The molecule has 4 rings (SSSR count). The van der Waals surface area contributed by atoms with E-state index in [0.717, 1.165) is 36.2 Å². The van der Waals surface area contributed by atoms with Crippen LogP contribution in [0.15, 0.2) is 36.4 Å². The number of nitrogens with one attached hydrogen (secondary N) is 1. The first-order valence-electron chi connectivity index (χ1n) is 12.5. The lowest BCUT2D eigenvalue weighted by atomic mass is 10.1. The highest BCUT2D eigenvalue weighted by Crippen LogP contribution is 2.36. The van der Waals surface area contributed by atoms with Gasteiger partial charge in [0.2, 0.25) is 28.6 Å². The number of carbonyl (C=O) groups excluding carboxylic acids is 2. The Bertz CT molecular complexity index is 1300. The van der Waals surface area contributed by atoms with Crippen molar-refractivity contribution in [1.82, 2.24) is 10.2 Å². The molecule has 0 saturated heterocycles. The molecule has 1 aliphatic carbocycles. The third-order valence-corrected chi connectivity index (χ3v) is 8.49. The van der Waals surface area contributed by atoms with Crippen LogP contribution >= 0.6 is 23.2 Å². The molecular weight excluding hydrogens is 553 g/mol. The van der Waals surface area contributed by atoms with Gasteiger partial charge in [0.05, 0.1) is 11.9 Å². The Labute approximate surface area is 233 Å². The van der Waals surface area contributed by atoms with Crippen molar-refractivity contribution in [2.24, 2.45) is 0 Å². The van der Waals surface area contributed by atoms with Crippen molar-refractivity contribution in [1.29, 1.82) is 0 Å². The molecule has 0 spiro atoms. The molecule has 0 bridgehead atoms. The Morgan fingerprint density at radius 2 is 1.79 bits per heavy atom. The molecule has 1 N–H and O–H groups in total. The molecule has 38 heavy (non-hydrogen) atoms.